The van der Waals surface area contributed by atoms with Gasteiger partial charge in [-0.25, -0.2) is 0 Å². The van der Waals surface area contributed by atoms with Gasteiger partial charge in [-0.15, -0.1) is 12.4 Å². The minimum atomic E-state index is -0.841. The van der Waals surface area contributed by atoms with Crippen LogP contribution < -0.4 is 16.4 Å². The van der Waals surface area contributed by atoms with Crippen LogP contribution in [0.5, 0.6) is 0 Å². The smallest absolute Gasteiger partial charge is 0.248 e. The highest BCUT2D eigenvalue weighted by Gasteiger charge is 2.42. The topological polar surface area (TPSA) is 105 Å². The summed E-state index contributed by atoms with van der Waals surface area (Å²) >= 11 is 0. The molecule has 1 aliphatic rings. The van der Waals surface area contributed by atoms with Crippen molar-refractivity contribution in [3.05, 3.63) is 0 Å². The first kappa shape index (κ1) is 24.7. The molecule has 0 saturated heterocycles. The summed E-state index contributed by atoms with van der Waals surface area (Å²) in [6, 6.07) is -0.645. The van der Waals surface area contributed by atoms with E-state index in [0.717, 1.165) is 19.3 Å². The van der Waals surface area contributed by atoms with Gasteiger partial charge in [0.1, 0.15) is 5.54 Å². The second-order valence-corrected chi connectivity index (χ2v) is 7.16. The molecule has 1 fully saturated rings. The van der Waals surface area contributed by atoms with Gasteiger partial charge < -0.3 is 21.3 Å². The maximum Gasteiger partial charge on any atom is 0.248 e. The molecule has 0 aromatic carbocycles. The highest BCUT2D eigenvalue weighted by Crippen LogP contribution is 2.30. The number of hydrogen-bond donors (Lipinski definition) is 3. The van der Waals surface area contributed by atoms with E-state index in [0.29, 0.717) is 25.9 Å². The summed E-state index contributed by atoms with van der Waals surface area (Å²) in [7, 11) is 0. The van der Waals surface area contributed by atoms with Crippen LogP contribution >= 0.6 is 12.4 Å². The van der Waals surface area contributed by atoms with Gasteiger partial charge in [0, 0.05) is 13.1 Å². The fourth-order valence-electron chi connectivity index (χ4n) is 3.26. The molecule has 1 rings (SSSR count). The maximum atomic E-state index is 13.0. The summed E-state index contributed by atoms with van der Waals surface area (Å²) in [5.74, 6) is -0.711. The Morgan fingerprint density at radius 2 is 1.62 bits per heavy atom. The van der Waals surface area contributed by atoms with Gasteiger partial charge in [0.2, 0.25) is 17.7 Å². The molecule has 0 radical (unpaired) electrons. The third-order valence-electron chi connectivity index (χ3n) is 4.99. The van der Waals surface area contributed by atoms with Gasteiger partial charge in [0.15, 0.2) is 0 Å². The molecule has 0 aliphatic heterocycles. The lowest BCUT2D eigenvalue weighted by atomic mass is 9.80. The fourth-order valence-corrected chi connectivity index (χ4v) is 3.26. The highest BCUT2D eigenvalue weighted by atomic mass is 35.5. The fraction of sp³-hybridized carbons (Fsp3) is 0.833. The second-order valence-electron chi connectivity index (χ2n) is 7.16. The third-order valence-corrected chi connectivity index (χ3v) is 4.99. The Balaban J connectivity index is 0.00000625. The van der Waals surface area contributed by atoms with E-state index in [1.807, 2.05) is 27.7 Å². The van der Waals surface area contributed by atoms with Crippen molar-refractivity contribution < 1.29 is 14.4 Å². The minimum absolute atomic E-state index is 0. The van der Waals surface area contributed by atoms with Gasteiger partial charge in [0.25, 0.3) is 0 Å². The van der Waals surface area contributed by atoms with E-state index in [-0.39, 0.29) is 42.6 Å². The molecule has 0 aromatic rings. The summed E-state index contributed by atoms with van der Waals surface area (Å²) in [4.78, 5) is 39.0. The van der Waals surface area contributed by atoms with Gasteiger partial charge in [-0.2, -0.15) is 0 Å². The summed E-state index contributed by atoms with van der Waals surface area (Å²) in [6.45, 7) is 8.65. The van der Waals surface area contributed by atoms with Gasteiger partial charge in [-0.1, -0.05) is 33.1 Å². The summed E-state index contributed by atoms with van der Waals surface area (Å²) in [5, 5.41) is 5.48. The van der Waals surface area contributed by atoms with Crippen LogP contribution in [0.3, 0.4) is 0 Å². The van der Waals surface area contributed by atoms with Gasteiger partial charge in [-0.05, 0) is 32.6 Å². The average Bonchev–Trinajstić information content (AvgIpc) is 2.60. The van der Waals surface area contributed by atoms with Crippen LogP contribution in [0.4, 0.5) is 0 Å². The van der Waals surface area contributed by atoms with Crippen LogP contribution in [-0.2, 0) is 14.4 Å². The lowest BCUT2D eigenvalue weighted by molar-refractivity contribution is -0.143. The molecule has 0 spiro atoms. The van der Waals surface area contributed by atoms with Crippen LogP contribution in [0, 0.1) is 5.92 Å². The summed E-state index contributed by atoms with van der Waals surface area (Å²) in [6.07, 6.45) is 4.19. The second kappa shape index (κ2) is 11.4. The summed E-state index contributed by atoms with van der Waals surface area (Å²) < 4.78 is 0. The van der Waals surface area contributed by atoms with Gasteiger partial charge >= 0.3 is 0 Å². The Morgan fingerprint density at radius 1 is 1.08 bits per heavy atom. The number of likely N-dealkylation sites (N-methyl/N-ethyl adjacent to an activating group) is 1. The molecule has 1 atom stereocenters. The zero-order chi connectivity index (χ0) is 19.0. The van der Waals surface area contributed by atoms with Gasteiger partial charge in [0.05, 0.1) is 12.6 Å². The Kier molecular flexibility index (Phi) is 10.8. The molecule has 26 heavy (non-hydrogen) atoms. The van der Waals surface area contributed by atoms with E-state index in [2.05, 4.69) is 10.6 Å². The minimum Gasteiger partial charge on any atom is -0.346 e. The maximum absolute atomic E-state index is 13.0. The molecule has 0 heterocycles. The molecular weight excluding hydrogens is 356 g/mol. The zero-order valence-electron chi connectivity index (χ0n) is 16.5. The number of amides is 3. The van der Waals surface area contributed by atoms with Crippen molar-refractivity contribution in [3.63, 3.8) is 0 Å². The predicted molar refractivity (Wildman–Crippen MR) is 105 cm³/mol. The summed E-state index contributed by atoms with van der Waals surface area (Å²) in [5.41, 5.74) is 4.93. The normalized spacial score (nSPS) is 17.0. The lowest BCUT2D eigenvalue weighted by Gasteiger charge is -2.40. The van der Waals surface area contributed by atoms with Crippen molar-refractivity contribution in [1.82, 2.24) is 15.5 Å². The molecule has 0 unspecified atom stereocenters. The van der Waals surface area contributed by atoms with Crippen molar-refractivity contribution in [3.8, 4) is 0 Å². The number of hydrogen-bond acceptors (Lipinski definition) is 4. The average molecular weight is 391 g/mol. The molecule has 0 bridgehead atoms. The van der Waals surface area contributed by atoms with E-state index in [4.69, 9.17) is 5.73 Å². The van der Waals surface area contributed by atoms with Crippen molar-refractivity contribution in [2.24, 2.45) is 11.7 Å². The molecule has 8 heteroatoms. The van der Waals surface area contributed by atoms with E-state index in [9.17, 15) is 14.4 Å². The number of nitrogens with one attached hydrogen (secondary N) is 2. The number of rotatable bonds is 8. The first-order valence-electron chi connectivity index (χ1n) is 9.41. The van der Waals surface area contributed by atoms with Crippen molar-refractivity contribution in [2.75, 3.05) is 19.6 Å². The number of carbonyl (C=O) groups excluding carboxylic acids is 3. The SMILES string of the molecule is CCN(CC)C(=O)C1(NC(=O)CNC(=O)[C@@H](N)C(C)C)CCCCC1.Cl. The highest BCUT2D eigenvalue weighted by molar-refractivity contribution is 5.93. The molecule has 152 valence electrons. The van der Waals surface area contributed by atoms with Gasteiger partial charge in [-0.3, -0.25) is 14.4 Å². The van der Waals surface area contributed by atoms with Crippen molar-refractivity contribution in [1.29, 1.82) is 0 Å². The molecule has 1 aliphatic carbocycles. The van der Waals surface area contributed by atoms with Crippen molar-refractivity contribution in [2.45, 2.75) is 71.4 Å². The van der Waals surface area contributed by atoms with E-state index in [1.54, 1.807) is 4.90 Å². The monoisotopic (exact) mass is 390 g/mol. The quantitative estimate of drug-likeness (QED) is 0.579. The molecule has 3 amide bonds. The Bertz CT molecular complexity index is 475. The van der Waals surface area contributed by atoms with E-state index in [1.165, 1.54) is 0 Å². The van der Waals surface area contributed by atoms with Crippen molar-refractivity contribution >= 4 is 30.1 Å². The lowest BCUT2D eigenvalue weighted by Crippen LogP contribution is -2.62. The first-order valence-corrected chi connectivity index (χ1v) is 9.41. The van der Waals surface area contributed by atoms with E-state index < -0.39 is 11.6 Å². The molecule has 1 saturated carbocycles. The predicted octanol–water partition coefficient (Wildman–Crippen LogP) is 1.20. The molecule has 7 nitrogen and oxygen atoms in total. The molecule has 0 aromatic heterocycles. The largest absolute Gasteiger partial charge is 0.346 e. The molecular formula is C18H35ClN4O3. The Labute approximate surface area is 163 Å². The van der Waals surface area contributed by atoms with Crippen LogP contribution in [0.15, 0.2) is 0 Å². The molecule has 4 N–H and O–H groups in total. The number of carbonyl (C=O) groups is 3. The third kappa shape index (κ3) is 6.43. The standard InChI is InChI=1S/C18H34N4O3.ClH/c1-5-22(6-2)17(25)18(10-8-7-9-11-18)21-14(23)12-20-16(24)15(19)13(3)4;/h13,15H,5-12,19H2,1-4H3,(H,20,24)(H,21,23);1H/t15-;/m0./s1. The number of nitrogens with two attached hydrogens (primary N) is 1. The van der Waals surface area contributed by atoms with Crippen LogP contribution in [0.25, 0.3) is 0 Å². The zero-order valence-corrected chi connectivity index (χ0v) is 17.3. The number of nitrogens with zero attached hydrogens (tertiary/aromatic N) is 1. The van der Waals surface area contributed by atoms with E-state index >= 15 is 0 Å². The van der Waals surface area contributed by atoms with Crippen LogP contribution in [-0.4, -0.2) is 53.8 Å². The Hall–Kier alpha value is -1.34. The van der Waals surface area contributed by atoms with Crippen LogP contribution in [0.1, 0.15) is 59.8 Å². The Morgan fingerprint density at radius 3 is 2.08 bits per heavy atom. The van der Waals surface area contributed by atoms with Crippen LogP contribution in [0.2, 0.25) is 0 Å². The first-order chi connectivity index (χ1) is 11.8. The number of halogens is 1.